The van der Waals surface area contributed by atoms with Crippen LogP contribution in [0.1, 0.15) is 11.5 Å². The summed E-state index contributed by atoms with van der Waals surface area (Å²) in [6, 6.07) is 1.81. The van der Waals surface area contributed by atoms with Crippen LogP contribution in [0, 0.1) is 6.92 Å². The summed E-state index contributed by atoms with van der Waals surface area (Å²) >= 11 is 3.31. The van der Waals surface area contributed by atoms with Gasteiger partial charge in [-0.15, -0.1) is 0 Å². The first-order chi connectivity index (χ1) is 7.24. The highest BCUT2D eigenvalue weighted by Crippen LogP contribution is 2.12. The van der Waals surface area contributed by atoms with Crippen LogP contribution >= 0.6 is 15.9 Å². The van der Waals surface area contributed by atoms with E-state index in [1.54, 1.807) is 6.26 Å². The Morgan fingerprint density at radius 2 is 2.33 bits per heavy atom. The van der Waals surface area contributed by atoms with Gasteiger partial charge in [-0.3, -0.25) is 0 Å². The quantitative estimate of drug-likeness (QED) is 0.865. The average Bonchev–Trinajstić information content (AvgIpc) is 2.65. The van der Waals surface area contributed by atoms with Gasteiger partial charge in [-0.1, -0.05) is 0 Å². The Bertz CT molecular complexity index is 423. The summed E-state index contributed by atoms with van der Waals surface area (Å²) in [5.41, 5.74) is 0.836. The minimum absolute atomic E-state index is 0.583. The van der Waals surface area contributed by atoms with E-state index in [9.17, 15) is 0 Å². The zero-order valence-corrected chi connectivity index (χ0v) is 9.65. The van der Waals surface area contributed by atoms with Crippen LogP contribution in [0.4, 0.5) is 5.82 Å². The van der Waals surface area contributed by atoms with Crippen LogP contribution in [0.15, 0.2) is 27.7 Å². The average molecular weight is 269 g/mol. The van der Waals surface area contributed by atoms with Crippen molar-refractivity contribution in [2.24, 2.45) is 0 Å². The summed E-state index contributed by atoms with van der Waals surface area (Å²) in [6.07, 6.45) is 2.99. The van der Waals surface area contributed by atoms with Crippen LogP contribution in [0.2, 0.25) is 0 Å². The van der Waals surface area contributed by atoms with Crippen molar-refractivity contribution in [3.8, 4) is 0 Å². The molecule has 0 fully saturated rings. The van der Waals surface area contributed by atoms with Gasteiger partial charge >= 0.3 is 0 Å². The molecule has 0 spiro atoms. The molecule has 0 saturated heterocycles. The van der Waals surface area contributed by atoms with Crippen molar-refractivity contribution in [1.29, 1.82) is 0 Å². The number of nitrogens with zero attached hydrogens (tertiary/aromatic N) is 3. The highest BCUT2D eigenvalue weighted by molar-refractivity contribution is 9.10. The third-order valence-electron chi connectivity index (χ3n) is 1.74. The third-order valence-corrected chi connectivity index (χ3v) is 2.15. The zero-order chi connectivity index (χ0) is 10.7. The number of nitrogens with one attached hydrogen (secondary N) is 1. The van der Waals surface area contributed by atoms with Gasteiger partial charge in [0.05, 0.1) is 12.2 Å². The summed E-state index contributed by atoms with van der Waals surface area (Å²) in [5, 5.41) is 3.13. The minimum Gasteiger partial charge on any atom is -0.451 e. The maximum atomic E-state index is 4.86. The van der Waals surface area contributed by atoms with E-state index in [1.165, 1.54) is 6.39 Å². The SMILES string of the molecule is Cc1nc(Br)cc(NCc2cocn2)n1. The molecule has 2 rings (SSSR count). The molecular weight excluding hydrogens is 260 g/mol. The van der Waals surface area contributed by atoms with E-state index in [0.717, 1.165) is 16.1 Å². The van der Waals surface area contributed by atoms with Gasteiger partial charge in [0.15, 0.2) is 6.39 Å². The van der Waals surface area contributed by atoms with E-state index < -0.39 is 0 Å². The molecule has 2 aromatic heterocycles. The molecule has 0 aromatic carbocycles. The fraction of sp³-hybridized carbons (Fsp3) is 0.222. The van der Waals surface area contributed by atoms with Crippen molar-refractivity contribution < 1.29 is 4.42 Å². The molecule has 2 aromatic rings. The topological polar surface area (TPSA) is 63.8 Å². The lowest BCUT2D eigenvalue weighted by Crippen LogP contribution is -2.03. The molecule has 1 N–H and O–H groups in total. The highest BCUT2D eigenvalue weighted by Gasteiger charge is 2.00. The molecule has 2 heterocycles. The fourth-order valence-electron chi connectivity index (χ4n) is 1.13. The lowest BCUT2D eigenvalue weighted by atomic mass is 10.4. The molecule has 0 amide bonds. The number of hydrogen-bond acceptors (Lipinski definition) is 5. The first-order valence-corrected chi connectivity index (χ1v) is 5.15. The van der Waals surface area contributed by atoms with E-state index >= 15 is 0 Å². The summed E-state index contributed by atoms with van der Waals surface area (Å²) in [5.74, 6) is 1.48. The van der Waals surface area contributed by atoms with Crippen molar-refractivity contribution in [1.82, 2.24) is 15.0 Å². The van der Waals surface area contributed by atoms with E-state index in [0.29, 0.717) is 12.4 Å². The summed E-state index contributed by atoms with van der Waals surface area (Å²) in [7, 11) is 0. The Hall–Kier alpha value is -1.43. The molecule has 0 bridgehead atoms. The van der Waals surface area contributed by atoms with Crippen molar-refractivity contribution >= 4 is 21.7 Å². The molecule has 15 heavy (non-hydrogen) atoms. The van der Waals surface area contributed by atoms with Crippen LogP contribution in [0.3, 0.4) is 0 Å². The smallest absolute Gasteiger partial charge is 0.180 e. The van der Waals surface area contributed by atoms with E-state index in [-0.39, 0.29) is 0 Å². The summed E-state index contributed by atoms with van der Waals surface area (Å²) in [4.78, 5) is 12.3. The van der Waals surface area contributed by atoms with Crippen molar-refractivity contribution in [3.05, 3.63) is 34.8 Å². The van der Waals surface area contributed by atoms with Crippen LogP contribution in [-0.4, -0.2) is 15.0 Å². The standard InChI is InChI=1S/C9H9BrN4O/c1-6-13-8(10)2-9(14-6)11-3-7-4-15-5-12-7/h2,4-5H,3H2,1H3,(H,11,13,14). The number of oxazole rings is 1. The lowest BCUT2D eigenvalue weighted by Gasteiger charge is -2.04. The molecule has 0 aliphatic rings. The molecule has 0 radical (unpaired) electrons. The second kappa shape index (κ2) is 4.39. The first kappa shape index (κ1) is 10.1. The summed E-state index contributed by atoms with van der Waals surface area (Å²) < 4.78 is 5.62. The van der Waals surface area contributed by atoms with Crippen molar-refractivity contribution in [2.75, 3.05) is 5.32 Å². The Morgan fingerprint density at radius 1 is 1.47 bits per heavy atom. The Kier molecular flexibility index (Phi) is 2.96. The van der Waals surface area contributed by atoms with Crippen molar-refractivity contribution in [2.45, 2.75) is 13.5 Å². The molecule has 0 unspecified atom stereocenters. The largest absolute Gasteiger partial charge is 0.451 e. The van der Waals surface area contributed by atoms with Gasteiger partial charge in [0, 0.05) is 6.07 Å². The second-order valence-electron chi connectivity index (χ2n) is 2.96. The second-order valence-corrected chi connectivity index (χ2v) is 3.77. The highest BCUT2D eigenvalue weighted by atomic mass is 79.9. The number of anilines is 1. The van der Waals surface area contributed by atoms with Gasteiger partial charge in [-0.2, -0.15) is 0 Å². The maximum Gasteiger partial charge on any atom is 0.180 e. The Labute approximate surface area is 95.1 Å². The van der Waals surface area contributed by atoms with Crippen LogP contribution in [0.25, 0.3) is 0 Å². The van der Waals surface area contributed by atoms with E-state index in [1.807, 2.05) is 13.0 Å². The van der Waals surface area contributed by atoms with Crippen LogP contribution in [0.5, 0.6) is 0 Å². The number of halogens is 1. The monoisotopic (exact) mass is 268 g/mol. The summed E-state index contributed by atoms with van der Waals surface area (Å²) in [6.45, 7) is 2.42. The maximum absolute atomic E-state index is 4.86. The number of aryl methyl sites for hydroxylation is 1. The predicted octanol–water partition coefficient (Wildman–Crippen LogP) is 2.15. The predicted molar refractivity (Wildman–Crippen MR) is 58.3 cm³/mol. The molecule has 0 aliphatic carbocycles. The number of aromatic nitrogens is 3. The first-order valence-electron chi connectivity index (χ1n) is 4.36. The van der Waals surface area contributed by atoms with Crippen molar-refractivity contribution in [3.63, 3.8) is 0 Å². The molecule has 78 valence electrons. The van der Waals surface area contributed by atoms with Gasteiger partial charge in [0.2, 0.25) is 0 Å². The van der Waals surface area contributed by atoms with Crippen LogP contribution in [-0.2, 0) is 6.54 Å². The van der Waals surface area contributed by atoms with E-state index in [2.05, 4.69) is 36.2 Å². The number of hydrogen-bond donors (Lipinski definition) is 1. The minimum atomic E-state index is 0.583. The molecule has 6 heteroatoms. The van der Waals surface area contributed by atoms with Gasteiger partial charge in [-0.05, 0) is 22.9 Å². The molecule has 0 saturated carbocycles. The van der Waals surface area contributed by atoms with Crippen LogP contribution < -0.4 is 5.32 Å². The fourth-order valence-corrected chi connectivity index (χ4v) is 1.60. The van der Waals surface area contributed by atoms with Gasteiger partial charge in [0.25, 0.3) is 0 Å². The Morgan fingerprint density at radius 3 is 3.00 bits per heavy atom. The molecule has 5 nitrogen and oxygen atoms in total. The zero-order valence-electron chi connectivity index (χ0n) is 8.07. The molecular formula is C9H9BrN4O. The van der Waals surface area contributed by atoms with Gasteiger partial charge in [-0.25, -0.2) is 15.0 Å². The number of rotatable bonds is 3. The third kappa shape index (κ3) is 2.76. The molecule has 0 atom stereocenters. The lowest BCUT2D eigenvalue weighted by molar-refractivity contribution is 0.556. The normalized spacial score (nSPS) is 10.3. The van der Waals surface area contributed by atoms with Gasteiger partial charge < -0.3 is 9.73 Å². The Balaban J connectivity index is 2.05. The molecule has 0 aliphatic heterocycles. The van der Waals surface area contributed by atoms with Gasteiger partial charge in [0.1, 0.15) is 22.5 Å². The van der Waals surface area contributed by atoms with E-state index in [4.69, 9.17) is 4.42 Å².